The van der Waals surface area contributed by atoms with Crippen LogP contribution in [0.4, 0.5) is 0 Å². The van der Waals surface area contributed by atoms with E-state index in [2.05, 4.69) is 51.2 Å². The van der Waals surface area contributed by atoms with E-state index in [1.807, 2.05) is 0 Å². The normalized spacial score (nSPS) is 15.0. The number of aliphatic carboxylic acids is 1. The van der Waals surface area contributed by atoms with E-state index < -0.39 is 47.9 Å². The second-order valence-electron chi connectivity index (χ2n) is 5.94. The van der Waals surface area contributed by atoms with Crippen LogP contribution in [0.25, 0.3) is 0 Å². The topological polar surface area (TPSA) is 179 Å². The fraction of sp³-hybridized carbons (Fsp3) is 0.533. The highest BCUT2D eigenvalue weighted by Crippen LogP contribution is 1.99. The first-order chi connectivity index (χ1) is 13.2. The summed E-state index contributed by atoms with van der Waals surface area (Å²) >= 11 is 7.88. The number of carboxylic acids is 1. The predicted molar refractivity (Wildman–Crippen MR) is 107 cm³/mol. The quantitative estimate of drug-likeness (QED) is 0.181. The minimum absolute atomic E-state index is 0.0307. The molecule has 3 amide bonds. The molecular weight excluding hydrogens is 408 g/mol. The van der Waals surface area contributed by atoms with Gasteiger partial charge in [-0.1, -0.05) is 0 Å². The van der Waals surface area contributed by atoms with Gasteiger partial charge >= 0.3 is 5.97 Å². The van der Waals surface area contributed by atoms with Gasteiger partial charge in [0.1, 0.15) is 18.1 Å². The number of hydrogen-bond donors (Lipinski definition) is 8. The van der Waals surface area contributed by atoms with Gasteiger partial charge in [-0.25, -0.2) is 9.78 Å². The summed E-state index contributed by atoms with van der Waals surface area (Å²) in [6.07, 6.45) is 3.19. The first-order valence-electron chi connectivity index (χ1n) is 8.28. The Bertz CT molecular complexity index is 686. The molecule has 0 aliphatic heterocycles. The Morgan fingerprint density at radius 2 is 1.71 bits per heavy atom. The molecule has 7 N–H and O–H groups in total. The van der Waals surface area contributed by atoms with Gasteiger partial charge in [0.15, 0.2) is 0 Å². The summed E-state index contributed by atoms with van der Waals surface area (Å²) in [7, 11) is 0. The number of carbonyl (C=O) groups is 4. The number of imidazole rings is 1. The van der Waals surface area contributed by atoms with E-state index in [1.165, 1.54) is 19.4 Å². The van der Waals surface area contributed by atoms with Crippen molar-refractivity contribution in [1.82, 2.24) is 25.9 Å². The lowest BCUT2D eigenvalue weighted by molar-refractivity contribution is -0.141. The van der Waals surface area contributed by atoms with E-state index in [0.717, 1.165) is 0 Å². The minimum atomic E-state index is -1.24. The zero-order valence-electron chi connectivity index (χ0n) is 15.1. The smallest absolute Gasteiger partial charge is 0.327 e. The molecular formula is C15H24N6O5S2. The van der Waals surface area contributed by atoms with Gasteiger partial charge in [-0.05, 0) is 6.92 Å². The van der Waals surface area contributed by atoms with Crippen LogP contribution in [0, 0.1) is 0 Å². The minimum Gasteiger partial charge on any atom is -0.480 e. The van der Waals surface area contributed by atoms with Crippen LogP contribution in [0.3, 0.4) is 0 Å². The summed E-state index contributed by atoms with van der Waals surface area (Å²) in [6.45, 7) is 1.38. The van der Waals surface area contributed by atoms with Gasteiger partial charge in [-0.3, -0.25) is 14.4 Å². The number of carbonyl (C=O) groups excluding carboxylic acids is 3. The number of H-pyrrole nitrogens is 1. The van der Waals surface area contributed by atoms with Crippen LogP contribution in [0.5, 0.6) is 0 Å². The molecule has 0 aliphatic rings. The van der Waals surface area contributed by atoms with Crippen molar-refractivity contribution < 1.29 is 24.3 Å². The van der Waals surface area contributed by atoms with Crippen LogP contribution in [0.2, 0.25) is 0 Å². The number of nitrogens with one attached hydrogen (secondary N) is 4. The Morgan fingerprint density at radius 1 is 1.11 bits per heavy atom. The van der Waals surface area contributed by atoms with Crippen LogP contribution in [-0.2, 0) is 25.6 Å². The number of nitrogens with zero attached hydrogens (tertiary/aromatic N) is 1. The Morgan fingerprint density at radius 3 is 2.21 bits per heavy atom. The Hall–Kier alpha value is -2.25. The van der Waals surface area contributed by atoms with Crippen LogP contribution >= 0.6 is 25.3 Å². The number of aromatic amines is 1. The van der Waals surface area contributed by atoms with Gasteiger partial charge in [-0.15, -0.1) is 0 Å². The number of aromatic nitrogens is 2. The van der Waals surface area contributed by atoms with E-state index in [-0.39, 0.29) is 17.9 Å². The van der Waals surface area contributed by atoms with E-state index in [4.69, 9.17) is 10.8 Å². The lowest BCUT2D eigenvalue weighted by Gasteiger charge is -2.22. The fourth-order valence-electron chi connectivity index (χ4n) is 2.06. The summed E-state index contributed by atoms with van der Waals surface area (Å²) in [6, 6.07) is -4.16. The van der Waals surface area contributed by atoms with E-state index >= 15 is 0 Å². The lowest BCUT2D eigenvalue weighted by Crippen LogP contribution is -2.57. The Kier molecular flexibility index (Phi) is 9.82. The highest BCUT2D eigenvalue weighted by Gasteiger charge is 2.27. The molecule has 4 atom stereocenters. The summed E-state index contributed by atoms with van der Waals surface area (Å²) in [4.78, 5) is 54.1. The Labute approximate surface area is 172 Å². The third-order valence-corrected chi connectivity index (χ3v) is 4.43. The summed E-state index contributed by atoms with van der Waals surface area (Å²) < 4.78 is 0. The SMILES string of the molecule is CC(NC(=O)C(CS)NC(=O)C(N)Cc1cnc[nH]1)C(=O)NC(CS)C(=O)O. The van der Waals surface area contributed by atoms with Crippen LogP contribution in [0.15, 0.2) is 12.5 Å². The molecule has 28 heavy (non-hydrogen) atoms. The molecule has 1 aromatic heterocycles. The van der Waals surface area contributed by atoms with Crippen molar-refractivity contribution >= 4 is 48.9 Å². The van der Waals surface area contributed by atoms with E-state index in [0.29, 0.717) is 5.69 Å². The number of amides is 3. The fourth-order valence-corrected chi connectivity index (χ4v) is 2.57. The van der Waals surface area contributed by atoms with Gasteiger partial charge < -0.3 is 31.8 Å². The first-order valence-corrected chi connectivity index (χ1v) is 9.54. The van der Waals surface area contributed by atoms with Crippen molar-refractivity contribution in [2.45, 2.75) is 37.5 Å². The molecule has 0 aliphatic carbocycles. The maximum atomic E-state index is 12.3. The molecule has 156 valence electrons. The molecule has 0 aromatic carbocycles. The highest BCUT2D eigenvalue weighted by atomic mass is 32.1. The molecule has 4 unspecified atom stereocenters. The molecule has 11 nitrogen and oxygen atoms in total. The zero-order chi connectivity index (χ0) is 21.3. The lowest BCUT2D eigenvalue weighted by atomic mass is 10.1. The third-order valence-electron chi connectivity index (χ3n) is 3.70. The van der Waals surface area contributed by atoms with Gasteiger partial charge in [0.2, 0.25) is 17.7 Å². The van der Waals surface area contributed by atoms with Crippen molar-refractivity contribution in [3.05, 3.63) is 18.2 Å². The Balaban J connectivity index is 2.58. The van der Waals surface area contributed by atoms with Gasteiger partial charge in [-0.2, -0.15) is 25.3 Å². The molecule has 0 fully saturated rings. The van der Waals surface area contributed by atoms with Crippen LogP contribution in [0.1, 0.15) is 12.6 Å². The number of nitrogens with two attached hydrogens (primary N) is 1. The van der Waals surface area contributed by atoms with Gasteiger partial charge in [0.25, 0.3) is 0 Å². The second-order valence-corrected chi connectivity index (χ2v) is 6.67. The van der Waals surface area contributed by atoms with E-state index in [9.17, 15) is 19.2 Å². The molecule has 0 bridgehead atoms. The number of carboxylic acid groups (broad SMARTS) is 1. The molecule has 1 heterocycles. The predicted octanol–water partition coefficient (Wildman–Crippen LogP) is -2.30. The van der Waals surface area contributed by atoms with Gasteiger partial charge in [0.05, 0.1) is 12.4 Å². The molecule has 0 saturated heterocycles. The van der Waals surface area contributed by atoms with Crippen molar-refractivity contribution in [3.8, 4) is 0 Å². The molecule has 13 heteroatoms. The average Bonchev–Trinajstić information content (AvgIpc) is 3.15. The van der Waals surface area contributed by atoms with Crippen LogP contribution in [-0.4, -0.2) is 74.4 Å². The van der Waals surface area contributed by atoms with Gasteiger partial charge in [0, 0.05) is 29.8 Å². The number of rotatable bonds is 11. The monoisotopic (exact) mass is 432 g/mol. The average molecular weight is 433 g/mol. The molecule has 1 rings (SSSR count). The van der Waals surface area contributed by atoms with E-state index in [1.54, 1.807) is 0 Å². The largest absolute Gasteiger partial charge is 0.480 e. The van der Waals surface area contributed by atoms with Crippen LogP contribution < -0.4 is 21.7 Å². The standard InChI is InChI=1S/C15H24N6O5S2/c1-7(12(22)21-11(5-28)15(25)26)19-14(24)10(4-27)20-13(23)9(16)2-8-3-17-6-18-8/h3,6-7,9-11,27-28H,2,4-5,16H2,1H3,(H,17,18)(H,19,24)(H,20,23)(H,21,22)(H,25,26). The highest BCUT2D eigenvalue weighted by molar-refractivity contribution is 7.80. The molecule has 1 aromatic rings. The molecule has 0 saturated carbocycles. The van der Waals surface area contributed by atoms with Crippen molar-refractivity contribution in [3.63, 3.8) is 0 Å². The maximum absolute atomic E-state index is 12.3. The van der Waals surface area contributed by atoms with Crippen molar-refractivity contribution in [2.24, 2.45) is 5.73 Å². The molecule has 0 spiro atoms. The number of thiol groups is 2. The molecule has 0 radical (unpaired) electrons. The first kappa shape index (κ1) is 23.8. The van der Waals surface area contributed by atoms with Crippen molar-refractivity contribution in [2.75, 3.05) is 11.5 Å². The zero-order valence-corrected chi connectivity index (χ0v) is 16.9. The second kappa shape index (κ2) is 11.6. The third kappa shape index (κ3) is 7.40. The summed E-state index contributed by atoms with van der Waals surface area (Å²) in [5, 5.41) is 16.0. The maximum Gasteiger partial charge on any atom is 0.327 e. The summed E-state index contributed by atoms with van der Waals surface area (Å²) in [5.74, 6) is -3.30. The van der Waals surface area contributed by atoms with Crippen molar-refractivity contribution in [1.29, 1.82) is 0 Å². The number of hydrogen-bond acceptors (Lipinski definition) is 8. The summed E-state index contributed by atoms with van der Waals surface area (Å²) in [5.41, 5.74) is 6.48.